The van der Waals surface area contributed by atoms with E-state index < -0.39 is 0 Å². The second-order valence-electron chi connectivity index (χ2n) is 3.68. The van der Waals surface area contributed by atoms with Gasteiger partial charge in [-0.05, 0) is 18.2 Å². The summed E-state index contributed by atoms with van der Waals surface area (Å²) >= 11 is 0. The van der Waals surface area contributed by atoms with Crippen LogP contribution < -0.4 is 0 Å². The van der Waals surface area contributed by atoms with Gasteiger partial charge in [0.05, 0.1) is 6.20 Å². The summed E-state index contributed by atoms with van der Waals surface area (Å²) in [6.45, 7) is 0. The summed E-state index contributed by atoms with van der Waals surface area (Å²) in [4.78, 5) is 11.8. The molecule has 0 aliphatic heterocycles. The van der Waals surface area contributed by atoms with Crippen molar-refractivity contribution in [3.8, 4) is 22.9 Å². The topological polar surface area (TPSA) is 104 Å². The van der Waals surface area contributed by atoms with Gasteiger partial charge in [0.25, 0.3) is 0 Å². The first-order valence-corrected chi connectivity index (χ1v) is 5.07. The van der Waals surface area contributed by atoms with E-state index in [1.807, 2.05) is 0 Å². The number of aromatic nitrogens is 4. The van der Waals surface area contributed by atoms with Crippen molar-refractivity contribution in [2.24, 2.45) is 0 Å². The number of fused-ring (bicyclic) bond motifs is 1. The molecular formula is C11H8N4O3. The Morgan fingerprint density at radius 2 is 1.94 bits per heavy atom. The standard InChI is InChI=1S/C11H8N4O3/c16-8-2-1-6(3-9(8)17)11-14-10-7(15(11)18)4-12-5-13-10/h1-5,16-18H. The minimum atomic E-state index is -0.286. The van der Waals surface area contributed by atoms with Crippen LogP contribution in [0.25, 0.3) is 22.6 Å². The summed E-state index contributed by atoms with van der Waals surface area (Å²) < 4.78 is 0.834. The monoisotopic (exact) mass is 244 g/mol. The molecule has 7 heteroatoms. The maximum atomic E-state index is 9.93. The molecule has 0 fully saturated rings. The first-order chi connectivity index (χ1) is 8.66. The van der Waals surface area contributed by atoms with Gasteiger partial charge in [0.1, 0.15) is 11.8 Å². The predicted octanol–water partition coefficient (Wildman–Crippen LogP) is 1.14. The number of rotatable bonds is 1. The molecule has 7 nitrogen and oxygen atoms in total. The molecule has 0 amide bonds. The van der Waals surface area contributed by atoms with E-state index in [1.54, 1.807) is 0 Å². The zero-order valence-electron chi connectivity index (χ0n) is 9.02. The maximum Gasteiger partial charge on any atom is 0.185 e. The summed E-state index contributed by atoms with van der Waals surface area (Å²) in [7, 11) is 0. The van der Waals surface area contributed by atoms with Gasteiger partial charge in [0, 0.05) is 5.56 Å². The molecule has 0 saturated carbocycles. The molecule has 0 aliphatic rings. The van der Waals surface area contributed by atoms with E-state index in [9.17, 15) is 15.4 Å². The van der Waals surface area contributed by atoms with E-state index in [2.05, 4.69) is 15.0 Å². The third-order valence-corrected chi connectivity index (χ3v) is 2.55. The molecule has 18 heavy (non-hydrogen) atoms. The van der Waals surface area contributed by atoms with E-state index in [0.717, 1.165) is 4.73 Å². The Balaban J connectivity index is 2.25. The Kier molecular flexibility index (Phi) is 2.06. The van der Waals surface area contributed by atoms with Crippen molar-refractivity contribution in [3.63, 3.8) is 0 Å². The number of hydrogen-bond acceptors (Lipinski definition) is 6. The molecule has 0 bridgehead atoms. The highest BCUT2D eigenvalue weighted by atomic mass is 16.5. The van der Waals surface area contributed by atoms with Crippen LogP contribution in [0.3, 0.4) is 0 Å². The zero-order chi connectivity index (χ0) is 12.7. The highest BCUT2D eigenvalue weighted by molar-refractivity contribution is 5.76. The molecule has 2 aromatic heterocycles. The lowest BCUT2D eigenvalue weighted by Gasteiger charge is -2.02. The van der Waals surface area contributed by atoms with E-state index >= 15 is 0 Å². The molecule has 3 N–H and O–H groups in total. The largest absolute Gasteiger partial charge is 0.504 e. The van der Waals surface area contributed by atoms with Crippen LogP contribution in [0.1, 0.15) is 0 Å². The zero-order valence-corrected chi connectivity index (χ0v) is 9.02. The molecule has 0 spiro atoms. The van der Waals surface area contributed by atoms with Crippen molar-refractivity contribution in [2.75, 3.05) is 0 Å². The van der Waals surface area contributed by atoms with Gasteiger partial charge in [0.2, 0.25) is 0 Å². The average molecular weight is 244 g/mol. The minimum absolute atomic E-state index is 0.209. The van der Waals surface area contributed by atoms with Gasteiger partial charge in [-0.2, -0.15) is 4.73 Å². The second-order valence-corrected chi connectivity index (χ2v) is 3.68. The van der Waals surface area contributed by atoms with Crippen molar-refractivity contribution < 1.29 is 15.4 Å². The number of phenolic OH excluding ortho intramolecular Hbond substituents is 2. The third kappa shape index (κ3) is 1.41. The number of hydrogen-bond donors (Lipinski definition) is 3. The fourth-order valence-electron chi connectivity index (χ4n) is 1.66. The Morgan fingerprint density at radius 3 is 2.67 bits per heavy atom. The van der Waals surface area contributed by atoms with Gasteiger partial charge in [0.15, 0.2) is 23.0 Å². The van der Waals surface area contributed by atoms with Crippen LogP contribution >= 0.6 is 0 Å². The lowest BCUT2D eigenvalue weighted by atomic mass is 10.2. The summed E-state index contributed by atoms with van der Waals surface area (Å²) in [6, 6.07) is 4.14. The molecular weight excluding hydrogens is 236 g/mol. The van der Waals surface area contributed by atoms with Crippen LogP contribution in [0.4, 0.5) is 0 Å². The van der Waals surface area contributed by atoms with E-state index in [4.69, 9.17) is 0 Å². The molecule has 90 valence electrons. The van der Waals surface area contributed by atoms with Crippen LogP contribution in [0.15, 0.2) is 30.7 Å². The van der Waals surface area contributed by atoms with Crippen LogP contribution in [0.5, 0.6) is 11.5 Å². The highest BCUT2D eigenvalue weighted by Gasteiger charge is 2.14. The van der Waals surface area contributed by atoms with Gasteiger partial charge in [-0.1, -0.05) is 0 Å². The fourth-order valence-corrected chi connectivity index (χ4v) is 1.66. The molecule has 0 radical (unpaired) electrons. The third-order valence-electron chi connectivity index (χ3n) is 2.55. The normalized spacial score (nSPS) is 10.9. The SMILES string of the molecule is Oc1ccc(-c2nc3ncncc3n2O)cc1O. The summed E-state index contributed by atoms with van der Waals surface area (Å²) in [6.07, 6.45) is 2.76. The van der Waals surface area contributed by atoms with E-state index in [-0.39, 0.29) is 17.3 Å². The van der Waals surface area contributed by atoms with Crippen LogP contribution in [-0.4, -0.2) is 35.1 Å². The molecule has 3 rings (SSSR count). The number of phenols is 2. The average Bonchev–Trinajstić information content (AvgIpc) is 2.71. The summed E-state index contributed by atoms with van der Waals surface area (Å²) in [5.74, 6) is -0.314. The molecule has 0 aliphatic carbocycles. The number of imidazole rings is 1. The second kappa shape index (κ2) is 3.59. The molecule has 2 heterocycles. The molecule has 1 aromatic carbocycles. The first kappa shape index (κ1) is 10.3. The van der Waals surface area contributed by atoms with Gasteiger partial charge in [-0.25, -0.2) is 15.0 Å². The smallest absolute Gasteiger partial charge is 0.185 e. The Bertz CT molecular complexity index is 738. The van der Waals surface area contributed by atoms with Gasteiger partial charge in [-0.3, -0.25) is 0 Å². The molecule has 0 atom stereocenters. The van der Waals surface area contributed by atoms with Crippen molar-refractivity contribution >= 4 is 11.2 Å². The van der Waals surface area contributed by atoms with Gasteiger partial charge < -0.3 is 15.4 Å². The van der Waals surface area contributed by atoms with Crippen molar-refractivity contribution in [1.29, 1.82) is 0 Å². The fraction of sp³-hybridized carbons (Fsp3) is 0. The Hall–Kier alpha value is -2.83. The van der Waals surface area contributed by atoms with Crippen molar-refractivity contribution in [3.05, 3.63) is 30.7 Å². The molecule has 0 unspecified atom stereocenters. The number of nitrogens with zero attached hydrogens (tertiary/aromatic N) is 4. The quantitative estimate of drug-likeness (QED) is 0.438. The van der Waals surface area contributed by atoms with Gasteiger partial charge in [-0.15, -0.1) is 0 Å². The highest BCUT2D eigenvalue weighted by Crippen LogP contribution is 2.30. The van der Waals surface area contributed by atoms with Crippen LogP contribution in [0, 0.1) is 0 Å². The summed E-state index contributed by atoms with van der Waals surface area (Å²) in [5, 5.41) is 28.6. The molecule has 3 aromatic rings. The van der Waals surface area contributed by atoms with E-state index in [0.29, 0.717) is 16.7 Å². The number of benzene rings is 1. The Labute approximate surface area is 101 Å². The van der Waals surface area contributed by atoms with Crippen LogP contribution in [0.2, 0.25) is 0 Å². The van der Waals surface area contributed by atoms with Crippen molar-refractivity contribution in [2.45, 2.75) is 0 Å². The first-order valence-electron chi connectivity index (χ1n) is 5.07. The van der Waals surface area contributed by atoms with Crippen LogP contribution in [-0.2, 0) is 0 Å². The Morgan fingerprint density at radius 1 is 1.11 bits per heavy atom. The summed E-state index contributed by atoms with van der Waals surface area (Å²) in [5.41, 5.74) is 1.15. The lowest BCUT2D eigenvalue weighted by Crippen LogP contribution is -1.94. The lowest BCUT2D eigenvalue weighted by molar-refractivity contribution is 0.203. The van der Waals surface area contributed by atoms with Gasteiger partial charge >= 0.3 is 0 Å². The predicted molar refractivity (Wildman–Crippen MR) is 61.3 cm³/mol. The number of aromatic hydroxyl groups is 2. The van der Waals surface area contributed by atoms with Crippen molar-refractivity contribution in [1.82, 2.24) is 19.7 Å². The minimum Gasteiger partial charge on any atom is -0.504 e. The van der Waals surface area contributed by atoms with E-state index in [1.165, 1.54) is 30.7 Å². The maximum absolute atomic E-state index is 9.93. The molecule has 0 saturated heterocycles.